The topological polar surface area (TPSA) is 114 Å². The third kappa shape index (κ3) is 4.15. The fourth-order valence-corrected chi connectivity index (χ4v) is 3.19. The van der Waals surface area contributed by atoms with Crippen LogP contribution in [-0.4, -0.2) is 49.8 Å². The Morgan fingerprint density at radius 2 is 2.24 bits per heavy atom. The van der Waals surface area contributed by atoms with E-state index >= 15 is 0 Å². The molecule has 0 bridgehead atoms. The number of amides is 1. The van der Waals surface area contributed by atoms with E-state index in [1.54, 1.807) is 4.90 Å². The molecule has 8 heteroatoms. The van der Waals surface area contributed by atoms with Gasteiger partial charge in [-0.2, -0.15) is 5.10 Å². The first-order valence-electron chi connectivity index (χ1n) is 8.38. The number of hydrogen-bond acceptors (Lipinski definition) is 5. The summed E-state index contributed by atoms with van der Waals surface area (Å²) in [5.41, 5.74) is 0.388. The van der Waals surface area contributed by atoms with Gasteiger partial charge in [0.1, 0.15) is 5.82 Å². The molecule has 1 fully saturated rings. The molecule has 8 nitrogen and oxygen atoms in total. The van der Waals surface area contributed by atoms with Crippen molar-refractivity contribution in [1.82, 2.24) is 25.4 Å². The average molecular weight is 345 g/mol. The van der Waals surface area contributed by atoms with Crippen molar-refractivity contribution in [2.45, 2.75) is 38.5 Å². The Morgan fingerprint density at radius 1 is 1.40 bits per heavy atom. The van der Waals surface area contributed by atoms with Crippen molar-refractivity contribution < 1.29 is 9.90 Å². The van der Waals surface area contributed by atoms with E-state index in [1.165, 1.54) is 0 Å². The Morgan fingerprint density at radius 3 is 2.96 bits per heavy atom. The van der Waals surface area contributed by atoms with Crippen LogP contribution >= 0.6 is 0 Å². The third-order valence-corrected chi connectivity index (χ3v) is 4.42. The molecule has 1 saturated heterocycles. The summed E-state index contributed by atoms with van der Waals surface area (Å²) in [6, 6.07) is 8.02. The normalized spacial score (nSPS) is 20.9. The maximum Gasteiger partial charge on any atom is 0.340 e. The zero-order chi connectivity index (χ0) is 17.9. The summed E-state index contributed by atoms with van der Waals surface area (Å²) in [6.45, 7) is 3.54. The molecule has 1 aromatic heterocycles. The summed E-state index contributed by atoms with van der Waals surface area (Å²) >= 11 is 0. The molecule has 1 aliphatic rings. The van der Waals surface area contributed by atoms with Crippen LogP contribution in [0.3, 0.4) is 0 Å². The number of carbonyl (C=O) groups is 1. The summed E-state index contributed by atoms with van der Waals surface area (Å²) in [5.74, 6) is 0.178. The van der Waals surface area contributed by atoms with Gasteiger partial charge in [0.15, 0.2) is 5.60 Å². The van der Waals surface area contributed by atoms with Crippen LogP contribution in [0.1, 0.15) is 29.8 Å². The predicted octanol–water partition coefficient (Wildman–Crippen LogP) is 0.0497. The van der Waals surface area contributed by atoms with E-state index < -0.39 is 5.60 Å². The van der Waals surface area contributed by atoms with Crippen molar-refractivity contribution in [3.8, 4) is 0 Å². The van der Waals surface area contributed by atoms with Crippen molar-refractivity contribution in [1.29, 1.82) is 0 Å². The quantitative estimate of drug-likeness (QED) is 0.591. The van der Waals surface area contributed by atoms with Crippen LogP contribution in [-0.2, 0) is 17.9 Å². The van der Waals surface area contributed by atoms with Gasteiger partial charge in [-0.3, -0.25) is 9.78 Å². The zero-order valence-corrected chi connectivity index (χ0v) is 14.2. The number of aromatic nitrogens is 3. The number of carbonyl (C=O) groups excluding carboxylic acids is 1. The zero-order valence-electron chi connectivity index (χ0n) is 14.2. The van der Waals surface area contributed by atoms with Crippen LogP contribution in [0.5, 0.6) is 0 Å². The lowest BCUT2D eigenvalue weighted by Crippen LogP contribution is -2.57. The molecule has 1 aromatic carbocycles. The van der Waals surface area contributed by atoms with Crippen LogP contribution in [0.25, 0.3) is 0 Å². The minimum atomic E-state index is -1.43. The van der Waals surface area contributed by atoms with Crippen molar-refractivity contribution in [2.75, 3.05) is 13.1 Å². The standard InChI is InChI=1S/C17H23N5O3/c1-12-4-2-5-13(8-12)10-22-7-3-6-17(25,15(22)23)11-18-9-14-19-16(24)21-20-14/h2,4-5,8,18,25H,3,6-7,9-11H2,1H3,(H2,19,20,21,24)/t17-/m1/s1. The third-order valence-electron chi connectivity index (χ3n) is 4.42. The fraction of sp³-hybridized carbons (Fsp3) is 0.471. The van der Waals surface area contributed by atoms with Gasteiger partial charge in [-0.05, 0) is 25.3 Å². The lowest BCUT2D eigenvalue weighted by molar-refractivity contribution is -0.157. The molecular weight excluding hydrogens is 322 g/mol. The number of nitrogens with zero attached hydrogens (tertiary/aromatic N) is 2. The Bertz CT molecular complexity index is 799. The van der Waals surface area contributed by atoms with Gasteiger partial charge >= 0.3 is 5.69 Å². The summed E-state index contributed by atoms with van der Waals surface area (Å²) in [7, 11) is 0. The van der Waals surface area contributed by atoms with Crippen molar-refractivity contribution in [3.05, 3.63) is 51.7 Å². The second kappa shape index (κ2) is 7.20. The predicted molar refractivity (Wildman–Crippen MR) is 91.7 cm³/mol. The molecule has 1 atom stereocenters. The Labute approximate surface area is 145 Å². The van der Waals surface area contributed by atoms with Crippen molar-refractivity contribution in [2.24, 2.45) is 0 Å². The van der Waals surface area contributed by atoms with Gasteiger partial charge in [0.25, 0.3) is 5.91 Å². The molecule has 0 aliphatic carbocycles. The maximum absolute atomic E-state index is 12.7. The Kier molecular flexibility index (Phi) is 5.00. The molecule has 2 heterocycles. The van der Waals surface area contributed by atoms with Crippen molar-refractivity contribution >= 4 is 5.91 Å². The van der Waals surface area contributed by atoms with E-state index in [4.69, 9.17) is 0 Å². The molecule has 1 aliphatic heterocycles. The van der Waals surface area contributed by atoms with Gasteiger partial charge in [-0.1, -0.05) is 29.8 Å². The summed E-state index contributed by atoms with van der Waals surface area (Å²) in [4.78, 5) is 28.0. The SMILES string of the molecule is Cc1cccc(CN2CCC[C@@](O)(CNCc3n[nH]c(=O)[nH]3)C2=O)c1. The number of rotatable bonds is 6. The van der Waals surface area contributed by atoms with E-state index in [9.17, 15) is 14.7 Å². The van der Waals surface area contributed by atoms with Crippen LogP contribution in [0, 0.1) is 6.92 Å². The Hall–Kier alpha value is -2.45. The van der Waals surface area contributed by atoms with Crippen LogP contribution in [0.2, 0.25) is 0 Å². The Balaban J connectivity index is 1.60. The van der Waals surface area contributed by atoms with E-state index in [0.29, 0.717) is 25.3 Å². The van der Waals surface area contributed by atoms with E-state index in [1.807, 2.05) is 31.2 Å². The molecule has 25 heavy (non-hydrogen) atoms. The van der Waals surface area contributed by atoms with Gasteiger partial charge in [-0.15, -0.1) is 0 Å². The first-order chi connectivity index (χ1) is 12.0. The lowest BCUT2D eigenvalue weighted by Gasteiger charge is -2.38. The van der Waals surface area contributed by atoms with Crippen LogP contribution in [0.4, 0.5) is 0 Å². The highest BCUT2D eigenvalue weighted by molar-refractivity contribution is 5.86. The van der Waals surface area contributed by atoms with Crippen LogP contribution < -0.4 is 11.0 Å². The molecule has 3 rings (SSSR count). The highest BCUT2D eigenvalue weighted by Gasteiger charge is 2.41. The number of hydrogen-bond donors (Lipinski definition) is 4. The second-order valence-corrected chi connectivity index (χ2v) is 6.58. The summed E-state index contributed by atoms with van der Waals surface area (Å²) < 4.78 is 0. The molecule has 2 aromatic rings. The number of piperidine rings is 1. The first kappa shape index (κ1) is 17.4. The molecule has 0 saturated carbocycles. The van der Waals surface area contributed by atoms with Gasteiger partial charge in [0.2, 0.25) is 0 Å². The number of benzene rings is 1. The molecule has 0 unspecified atom stereocenters. The molecule has 0 spiro atoms. The van der Waals surface area contributed by atoms with Crippen LogP contribution in [0.15, 0.2) is 29.1 Å². The monoisotopic (exact) mass is 345 g/mol. The average Bonchev–Trinajstić information content (AvgIpc) is 2.98. The van der Waals surface area contributed by atoms with Crippen molar-refractivity contribution in [3.63, 3.8) is 0 Å². The molecule has 0 radical (unpaired) electrons. The first-order valence-corrected chi connectivity index (χ1v) is 8.38. The van der Waals surface area contributed by atoms with E-state index in [0.717, 1.165) is 17.5 Å². The maximum atomic E-state index is 12.7. The number of likely N-dealkylation sites (tertiary alicyclic amines) is 1. The summed E-state index contributed by atoms with van der Waals surface area (Å²) in [5, 5.41) is 19.8. The largest absolute Gasteiger partial charge is 0.379 e. The number of aliphatic hydroxyl groups is 1. The summed E-state index contributed by atoms with van der Waals surface area (Å²) in [6.07, 6.45) is 1.16. The number of aromatic amines is 2. The lowest BCUT2D eigenvalue weighted by atomic mass is 9.91. The molecule has 1 amide bonds. The van der Waals surface area contributed by atoms with Gasteiger partial charge in [0.05, 0.1) is 6.54 Å². The molecular formula is C17H23N5O3. The molecule has 134 valence electrons. The number of H-pyrrole nitrogens is 2. The van der Waals surface area contributed by atoms with E-state index in [2.05, 4.69) is 20.5 Å². The number of aryl methyl sites for hydroxylation is 1. The highest BCUT2D eigenvalue weighted by Crippen LogP contribution is 2.24. The smallest absolute Gasteiger partial charge is 0.340 e. The number of nitrogens with one attached hydrogen (secondary N) is 3. The fourth-order valence-electron chi connectivity index (χ4n) is 3.19. The van der Waals surface area contributed by atoms with Gasteiger partial charge < -0.3 is 15.3 Å². The van der Waals surface area contributed by atoms with Gasteiger partial charge in [0, 0.05) is 19.6 Å². The minimum absolute atomic E-state index is 0.116. The minimum Gasteiger partial charge on any atom is -0.379 e. The van der Waals surface area contributed by atoms with E-state index in [-0.39, 0.29) is 24.7 Å². The molecule has 4 N–H and O–H groups in total. The second-order valence-electron chi connectivity index (χ2n) is 6.58. The van der Waals surface area contributed by atoms with Gasteiger partial charge in [-0.25, -0.2) is 9.89 Å². The highest BCUT2D eigenvalue weighted by atomic mass is 16.3.